The Kier molecular flexibility index (Phi) is 4.31. The largest absolute Gasteiger partial charge is 0.472 e. The molecule has 0 amide bonds. The van der Waals surface area contributed by atoms with E-state index in [1.165, 1.54) is 4.31 Å². The Labute approximate surface area is 141 Å². The number of hydrogen-bond donors (Lipinski definition) is 0. The van der Waals surface area contributed by atoms with Crippen LogP contribution in [0, 0.1) is 20.8 Å². The third-order valence-electron chi connectivity index (χ3n) is 4.21. The summed E-state index contributed by atoms with van der Waals surface area (Å²) in [7, 11) is -1.83. The van der Waals surface area contributed by atoms with Gasteiger partial charge in [0.2, 0.25) is 15.9 Å². The van der Waals surface area contributed by atoms with Crippen LogP contribution in [0.5, 0.6) is 5.88 Å². The number of aryl methyl sites for hydroxylation is 3. The fourth-order valence-electron chi connectivity index (χ4n) is 2.89. The van der Waals surface area contributed by atoms with Gasteiger partial charge in [-0.1, -0.05) is 0 Å². The Balaban J connectivity index is 1.76. The molecule has 2 aromatic rings. The smallest absolute Gasteiger partial charge is 0.246 e. The molecule has 3 heterocycles. The average Bonchev–Trinajstić information content (AvgIpc) is 3.07. The van der Waals surface area contributed by atoms with Crippen LogP contribution in [-0.2, 0) is 17.1 Å². The van der Waals surface area contributed by atoms with Gasteiger partial charge in [0.1, 0.15) is 11.0 Å². The average molecular weight is 351 g/mol. The fraction of sp³-hybridized carbons (Fsp3) is 0.533. The molecule has 24 heavy (non-hydrogen) atoms. The van der Waals surface area contributed by atoms with Gasteiger partial charge in [-0.15, -0.1) is 5.10 Å². The van der Waals surface area contributed by atoms with Gasteiger partial charge in [0.25, 0.3) is 0 Å². The van der Waals surface area contributed by atoms with Crippen LogP contribution in [0.15, 0.2) is 17.0 Å². The van der Waals surface area contributed by atoms with E-state index in [0.29, 0.717) is 41.7 Å². The number of nitrogens with zero attached hydrogens (tertiary/aromatic N) is 5. The number of rotatable bonds is 4. The Morgan fingerprint density at radius 1 is 1.21 bits per heavy atom. The molecule has 0 radical (unpaired) electrons. The van der Waals surface area contributed by atoms with Crippen LogP contribution in [0.1, 0.15) is 23.5 Å². The van der Waals surface area contributed by atoms with Gasteiger partial charge in [-0.05, 0) is 33.3 Å². The summed E-state index contributed by atoms with van der Waals surface area (Å²) >= 11 is 0. The molecule has 1 saturated heterocycles. The lowest BCUT2D eigenvalue weighted by Gasteiger charge is -2.17. The number of aromatic nitrogens is 4. The Morgan fingerprint density at radius 3 is 2.54 bits per heavy atom. The fourth-order valence-corrected chi connectivity index (χ4v) is 4.78. The third kappa shape index (κ3) is 3.01. The molecule has 3 rings (SSSR count). The SMILES string of the molecule is Cc1ccc(OC2CCN(S(=O)(=O)c3c(C)nn(C)c3C)C2)nn1. The number of ether oxygens (including phenoxy) is 1. The first-order chi connectivity index (χ1) is 11.3. The summed E-state index contributed by atoms with van der Waals surface area (Å²) in [6.07, 6.45) is 0.390. The van der Waals surface area contributed by atoms with Gasteiger partial charge < -0.3 is 4.74 Å². The lowest BCUT2D eigenvalue weighted by molar-refractivity contribution is 0.204. The maximum atomic E-state index is 12.9. The molecule has 0 bridgehead atoms. The lowest BCUT2D eigenvalue weighted by Crippen LogP contribution is -2.31. The van der Waals surface area contributed by atoms with E-state index < -0.39 is 10.0 Å². The molecule has 1 unspecified atom stereocenters. The van der Waals surface area contributed by atoms with E-state index in [1.54, 1.807) is 31.6 Å². The first kappa shape index (κ1) is 16.8. The lowest BCUT2D eigenvalue weighted by atomic mass is 10.3. The van der Waals surface area contributed by atoms with Gasteiger partial charge in [-0.25, -0.2) is 8.42 Å². The highest BCUT2D eigenvalue weighted by atomic mass is 32.2. The van der Waals surface area contributed by atoms with Crippen molar-refractivity contribution in [1.29, 1.82) is 0 Å². The van der Waals surface area contributed by atoms with Crippen LogP contribution < -0.4 is 4.74 Å². The molecule has 2 aromatic heterocycles. The zero-order chi connectivity index (χ0) is 17.5. The summed E-state index contributed by atoms with van der Waals surface area (Å²) in [5, 5.41) is 12.1. The Bertz CT molecular complexity index is 845. The highest BCUT2D eigenvalue weighted by Crippen LogP contribution is 2.27. The van der Waals surface area contributed by atoms with Crippen molar-refractivity contribution < 1.29 is 13.2 Å². The van der Waals surface area contributed by atoms with Crippen LogP contribution in [0.2, 0.25) is 0 Å². The van der Waals surface area contributed by atoms with Crippen molar-refractivity contribution >= 4 is 10.0 Å². The number of sulfonamides is 1. The maximum absolute atomic E-state index is 12.9. The molecule has 1 fully saturated rings. The van der Waals surface area contributed by atoms with Gasteiger partial charge in [0.05, 0.1) is 23.6 Å². The van der Waals surface area contributed by atoms with E-state index in [0.717, 1.165) is 5.69 Å². The monoisotopic (exact) mass is 351 g/mol. The van der Waals surface area contributed by atoms with E-state index in [9.17, 15) is 8.42 Å². The predicted molar refractivity (Wildman–Crippen MR) is 87.2 cm³/mol. The van der Waals surface area contributed by atoms with Crippen LogP contribution in [-0.4, -0.2) is 51.9 Å². The Hall–Kier alpha value is -2.00. The topological polar surface area (TPSA) is 90.2 Å². The molecule has 0 spiro atoms. The molecule has 9 heteroatoms. The van der Waals surface area contributed by atoms with E-state index in [1.807, 2.05) is 13.0 Å². The van der Waals surface area contributed by atoms with Crippen LogP contribution in [0.25, 0.3) is 0 Å². The highest BCUT2D eigenvalue weighted by molar-refractivity contribution is 7.89. The van der Waals surface area contributed by atoms with E-state index in [-0.39, 0.29) is 6.10 Å². The van der Waals surface area contributed by atoms with Crippen LogP contribution >= 0.6 is 0 Å². The van der Waals surface area contributed by atoms with Crippen LogP contribution in [0.3, 0.4) is 0 Å². The van der Waals surface area contributed by atoms with Gasteiger partial charge >= 0.3 is 0 Å². The minimum absolute atomic E-state index is 0.228. The normalized spacial score (nSPS) is 18.9. The second kappa shape index (κ2) is 6.14. The summed E-state index contributed by atoms with van der Waals surface area (Å²) in [6, 6.07) is 3.56. The molecule has 0 saturated carbocycles. The minimum Gasteiger partial charge on any atom is -0.472 e. The minimum atomic E-state index is -3.58. The molecule has 0 aliphatic carbocycles. The molecule has 0 N–H and O–H groups in total. The summed E-state index contributed by atoms with van der Waals surface area (Å²) in [4.78, 5) is 0.292. The van der Waals surface area contributed by atoms with E-state index >= 15 is 0 Å². The molecular weight excluding hydrogens is 330 g/mol. The van der Waals surface area contributed by atoms with Gasteiger partial charge in [0, 0.05) is 19.7 Å². The molecule has 1 aliphatic rings. The van der Waals surface area contributed by atoms with Gasteiger partial charge in [-0.2, -0.15) is 14.5 Å². The summed E-state index contributed by atoms with van der Waals surface area (Å²) < 4.78 is 34.6. The first-order valence-electron chi connectivity index (χ1n) is 7.76. The Morgan fingerprint density at radius 2 is 1.96 bits per heavy atom. The summed E-state index contributed by atoms with van der Waals surface area (Å²) in [5.74, 6) is 0.415. The first-order valence-corrected chi connectivity index (χ1v) is 9.20. The second-order valence-electron chi connectivity index (χ2n) is 6.03. The molecule has 130 valence electrons. The summed E-state index contributed by atoms with van der Waals surface area (Å²) in [6.45, 7) is 6.04. The van der Waals surface area contributed by atoms with Crippen molar-refractivity contribution in [2.45, 2.75) is 38.2 Å². The zero-order valence-electron chi connectivity index (χ0n) is 14.2. The standard InChI is InChI=1S/C15H21N5O3S/c1-10-5-6-14(17-16-10)23-13-7-8-20(9-13)24(21,22)15-11(2)18-19(4)12(15)3/h5-6,13H,7-9H2,1-4H3. The van der Waals surface area contributed by atoms with E-state index in [4.69, 9.17) is 4.74 Å². The van der Waals surface area contributed by atoms with Crippen molar-refractivity contribution in [2.24, 2.45) is 7.05 Å². The van der Waals surface area contributed by atoms with Crippen molar-refractivity contribution in [3.05, 3.63) is 29.2 Å². The molecular formula is C15H21N5O3S. The van der Waals surface area contributed by atoms with Crippen LogP contribution in [0.4, 0.5) is 0 Å². The maximum Gasteiger partial charge on any atom is 0.246 e. The van der Waals surface area contributed by atoms with Crippen molar-refractivity contribution in [3.8, 4) is 5.88 Å². The van der Waals surface area contributed by atoms with Gasteiger partial charge in [-0.3, -0.25) is 4.68 Å². The van der Waals surface area contributed by atoms with Crippen molar-refractivity contribution in [2.75, 3.05) is 13.1 Å². The van der Waals surface area contributed by atoms with Crippen molar-refractivity contribution in [3.63, 3.8) is 0 Å². The van der Waals surface area contributed by atoms with E-state index in [2.05, 4.69) is 15.3 Å². The highest BCUT2D eigenvalue weighted by Gasteiger charge is 2.36. The number of hydrogen-bond acceptors (Lipinski definition) is 6. The van der Waals surface area contributed by atoms with Gasteiger partial charge in [0.15, 0.2) is 0 Å². The quantitative estimate of drug-likeness (QED) is 0.815. The second-order valence-corrected chi connectivity index (χ2v) is 7.90. The zero-order valence-corrected chi connectivity index (χ0v) is 15.0. The summed E-state index contributed by atoms with van der Waals surface area (Å²) in [5.41, 5.74) is 1.96. The molecule has 0 aromatic carbocycles. The van der Waals surface area contributed by atoms with Crippen molar-refractivity contribution in [1.82, 2.24) is 24.3 Å². The molecule has 1 aliphatic heterocycles. The predicted octanol–water partition coefficient (Wildman–Crippen LogP) is 0.977. The molecule has 8 nitrogen and oxygen atoms in total. The third-order valence-corrected chi connectivity index (χ3v) is 6.33. The molecule has 1 atom stereocenters.